The van der Waals surface area contributed by atoms with E-state index in [2.05, 4.69) is 26.3 Å². The Morgan fingerprint density at radius 1 is 0.886 bits per heavy atom. The Balaban J connectivity index is 2.23. The number of hydrogen-bond acceptors (Lipinski definition) is 6. The van der Waals surface area contributed by atoms with E-state index >= 15 is 0 Å². The smallest absolute Gasteiger partial charge is 0.412 e. The molecule has 0 saturated carbocycles. The lowest BCUT2D eigenvalue weighted by molar-refractivity contribution is 0.0635. The number of nitrogens with zero attached hydrogens (tertiary/aromatic N) is 1. The third-order valence-electron chi connectivity index (χ3n) is 5.53. The fourth-order valence-electron chi connectivity index (χ4n) is 3.44. The maximum Gasteiger partial charge on any atom is 0.412 e. The second kappa shape index (κ2) is 11.5. The third-order valence-corrected chi connectivity index (χ3v) is 6.60. The molecule has 0 spiro atoms. The summed E-state index contributed by atoms with van der Waals surface area (Å²) < 4.78 is 5.39. The van der Waals surface area contributed by atoms with Gasteiger partial charge in [-0.25, -0.2) is 14.6 Å². The molecule has 0 fully saturated rings. The van der Waals surface area contributed by atoms with Gasteiger partial charge in [-0.1, -0.05) is 24.7 Å². The summed E-state index contributed by atoms with van der Waals surface area (Å²) in [5, 5.41) is 11.7. The molecule has 2 rings (SSSR count). The number of anilines is 3. The van der Waals surface area contributed by atoms with Crippen molar-refractivity contribution in [3.63, 3.8) is 0 Å². The molecule has 10 heteroatoms. The van der Waals surface area contributed by atoms with Gasteiger partial charge in [-0.2, -0.15) is 0 Å². The average molecular weight is 504 g/mol. The van der Waals surface area contributed by atoms with Crippen molar-refractivity contribution in [1.82, 2.24) is 10.3 Å². The molecule has 9 nitrogen and oxygen atoms in total. The number of unbranched alkanes of at least 4 members (excludes halogenated alkanes) is 1. The summed E-state index contributed by atoms with van der Waals surface area (Å²) in [6.07, 6.45) is 1.34. The summed E-state index contributed by atoms with van der Waals surface area (Å²) in [7, 11) is 0. The first-order valence-electron chi connectivity index (χ1n) is 11.7. The molecule has 192 valence electrons. The van der Waals surface area contributed by atoms with Crippen LogP contribution in [0.2, 0.25) is 0 Å². The summed E-state index contributed by atoms with van der Waals surface area (Å²) in [6, 6.07) is -0.342. The third kappa shape index (κ3) is 7.42. The molecule has 0 aliphatic carbocycles. The van der Waals surface area contributed by atoms with E-state index in [1.165, 1.54) is 0 Å². The van der Waals surface area contributed by atoms with Gasteiger partial charge in [-0.3, -0.25) is 15.4 Å². The van der Waals surface area contributed by atoms with Crippen LogP contribution in [0.5, 0.6) is 0 Å². The predicted molar refractivity (Wildman–Crippen MR) is 142 cm³/mol. The minimum atomic E-state index is -0.611. The Morgan fingerprint density at radius 3 is 1.94 bits per heavy atom. The van der Waals surface area contributed by atoms with Gasteiger partial charge >= 0.3 is 12.1 Å². The number of thiazole rings is 1. The lowest BCUT2D eigenvalue weighted by Gasteiger charge is -2.23. The summed E-state index contributed by atoms with van der Waals surface area (Å²) >= 11 is 1.12. The molecular formula is C25H37N5O4S. The Kier molecular flexibility index (Phi) is 9.25. The van der Waals surface area contributed by atoms with Gasteiger partial charge in [-0.05, 0) is 84.1 Å². The first-order valence-corrected chi connectivity index (χ1v) is 12.5. The quantitative estimate of drug-likeness (QED) is 0.335. The zero-order valence-corrected chi connectivity index (χ0v) is 22.9. The summed E-state index contributed by atoms with van der Waals surface area (Å²) in [4.78, 5) is 42.2. The zero-order valence-electron chi connectivity index (χ0n) is 22.1. The predicted octanol–water partition coefficient (Wildman–Crippen LogP) is 6.21. The van der Waals surface area contributed by atoms with Gasteiger partial charge in [0.05, 0.1) is 11.4 Å². The van der Waals surface area contributed by atoms with Crippen LogP contribution in [-0.4, -0.2) is 35.2 Å². The molecule has 1 aromatic carbocycles. The molecule has 1 heterocycles. The molecule has 4 N–H and O–H groups in total. The van der Waals surface area contributed by atoms with Crippen molar-refractivity contribution in [2.24, 2.45) is 0 Å². The molecule has 0 saturated heterocycles. The van der Waals surface area contributed by atoms with Crippen LogP contribution in [0.25, 0.3) is 0 Å². The highest BCUT2D eigenvalue weighted by Crippen LogP contribution is 2.35. The molecule has 0 unspecified atom stereocenters. The lowest BCUT2D eigenvalue weighted by atomic mass is 9.95. The van der Waals surface area contributed by atoms with E-state index in [0.29, 0.717) is 33.6 Å². The number of nitrogens with one attached hydrogen (secondary N) is 4. The number of ether oxygens (including phenoxy) is 1. The van der Waals surface area contributed by atoms with Gasteiger partial charge in [-0.15, -0.1) is 0 Å². The number of carbonyl (C=O) groups excluding carboxylic acids is 3. The highest BCUT2D eigenvalue weighted by atomic mass is 32.1. The zero-order chi connectivity index (χ0) is 26.5. The SMILES string of the molecule is CCCCNC(=O)Nc1nc(C)c(C(=O)Nc2c(C)c(C)c(NC(=O)OC(C)(C)C)c(C)c2C)s1. The molecule has 0 atom stereocenters. The summed E-state index contributed by atoms with van der Waals surface area (Å²) in [5.41, 5.74) is 4.61. The molecule has 0 radical (unpaired) electrons. The van der Waals surface area contributed by atoms with Crippen molar-refractivity contribution in [2.45, 2.75) is 80.8 Å². The number of amides is 4. The van der Waals surface area contributed by atoms with E-state index in [-0.39, 0.29) is 11.9 Å². The Labute approximate surface area is 211 Å². The van der Waals surface area contributed by atoms with E-state index < -0.39 is 11.7 Å². The standard InChI is InChI=1S/C25H37N5O4S/c1-10-11-12-26-22(32)30-23-27-17(6)20(35-23)21(31)28-18-13(2)15(4)19(16(5)14(18)3)29-24(33)34-25(7,8)9/h10-12H2,1-9H3,(H,28,31)(H,29,33)(H2,26,27,30,32). The second-order valence-corrected chi connectivity index (χ2v) is 10.5. The van der Waals surface area contributed by atoms with Crippen molar-refractivity contribution in [2.75, 3.05) is 22.5 Å². The van der Waals surface area contributed by atoms with Gasteiger partial charge < -0.3 is 15.4 Å². The summed E-state index contributed by atoms with van der Waals surface area (Å²) in [6.45, 7) is 17.4. The minimum absolute atomic E-state index is 0.308. The Morgan fingerprint density at radius 2 is 1.43 bits per heavy atom. The molecule has 2 aromatic rings. The van der Waals surface area contributed by atoms with Gasteiger partial charge in [0.15, 0.2) is 5.13 Å². The second-order valence-electron chi connectivity index (χ2n) is 9.50. The number of carbonyl (C=O) groups is 3. The molecule has 0 aliphatic rings. The lowest BCUT2D eigenvalue weighted by Crippen LogP contribution is -2.29. The monoisotopic (exact) mass is 503 g/mol. The van der Waals surface area contributed by atoms with Crippen LogP contribution < -0.4 is 21.3 Å². The van der Waals surface area contributed by atoms with Gasteiger partial charge in [0.1, 0.15) is 10.5 Å². The molecule has 1 aromatic heterocycles. The fraction of sp³-hybridized carbons (Fsp3) is 0.520. The van der Waals surface area contributed by atoms with E-state index in [4.69, 9.17) is 4.74 Å². The number of urea groups is 1. The van der Waals surface area contributed by atoms with Crippen molar-refractivity contribution in [3.8, 4) is 0 Å². The largest absolute Gasteiger partial charge is 0.444 e. The van der Waals surface area contributed by atoms with Gasteiger partial charge in [0.25, 0.3) is 5.91 Å². The molecule has 35 heavy (non-hydrogen) atoms. The molecular weight excluding hydrogens is 466 g/mol. The van der Waals surface area contributed by atoms with Gasteiger partial charge in [0, 0.05) is 12.2 Å². The average Bonchev–Trinajstić information content (AvgIpc) is 3.11. The van der Waals surface area contributed by atoms with Crippen LogP contribution in [0, 0.1) is 34.6 Å². The van der Waals surface area contributed by atoms with E-state index in [0.717, 1.165) is 46.4 Å². The van der Waals surface area contributed by atoms with Gasteiger partial charge in [0.2, 0.25) is 0 Å². The van der Waals surface area contributed by atoms with Crippen molar-refractivity contribution < 1.29 is 19.1 Å². The Bertz CT molecular complexity index is 1090. The van der Waals surface area contributed by atoms with Crippen LogP contribution >= 0.6 is 11.3 Å². The van der Waals surface area contributed by atoms with Crippen LogP contribution in [0.1, 0.15) is 78.2 Å². The van der Waals surface area contributed by atoms with Crippen molar-refractivity contribution in [3.05, 3.63) is 32.8 Å². The van der Waals surface area contributed by atoms with E-state index in [9.17, 15) is 14.4 Å². The molecule has 4 amide bonds. The Hall–Kier alpha value is -3.14. The first kappa shape index (κ1) is 28.1. The van der Waals surface area contributed by atoms with Crippen molar-refractivity contribution in [1.29, 1.82) is 0 Å². The van der Waals surface area contributed by atoms with Crippen LogP contribution in [-0.2, 0) is 4.74 Å². The number of aryl methyl sites for hydroxylation is 1. The highest BCUT2D eigenvalue weighted by Gasteiger charge is 2.23. The van der Waals surface area contributed by atoms with E-state index in [1.54, 1.807) is 6.92 Å². The minimum Gasteiger partial charge on any atom is -0.444 e. The number of rotatable bonds is 7. The summed E-state index contributed by atoms with van der Waals surface area (Å²) in [5.74, 6) is -0.308. The number of hydrogen-bond donors (Lipinski definition) is 4. The maximum absolute atomic E-state index is 13.1. The number of aromatic nitrogens is 1. The molecule has 0 aliphatic heterocycles. The van der Waals surface area contributed by atoms with Crippen molar-refractivity contribution >= 4 is 45.9 Å². The topological polar surface area (TPSA) is 121 Å². The highest BCUT2D eigenvalue weighted by molar-refractivity contribution is 7.17. The fourth-order valence-corrected chi connectivity index (χ4v) is 4.30. The first-order chi connectivity index (χ1) is 16.2. The normalized spacial score (nSPS) is 11.1. The van der Waals surface area contributed by atoms with Crippen LogP contribution in [0.4, 0.5) is 26.1 Å². The maximum atomic E-state index is 13.1. The number of benzene rings is 1. The van der Waals surface area contributed by atoms with Crippen LogP contribution in [0.3, 0.4) is 0 Å². The van der Waals surface area contributed by atoms with Crippen LogP contribution in [0.15, 0.2) is 0 Å². The molecule has 0 bridgehead atoms. The van der Waals surface area contributed by atoms with E-state index in [1.807, 2.05) is 55.4 Å².